The minimum atomic E-state index is -0.456. The van der Waals surface area contributed by atoms with Crippen molar-refractivity contribution >= 4 is 5.91 Å². The lowest BCUT2D eigenvalue weighted by Crippen LogP contribution is -2.41. The average Bonchev–Trinajstić information content (AvgIpc) is 2.48. The first kappa shape index (κ1) is 15.9. The molecule has 2 rings (SSSR count). The molecule has 0 unspecified atom stereocenters. The predicted octanol–water partition coefficient (Wildman–Crippen LogP) is 1.49. The minimum absolute atomic E-state index is 0.0298. The van der Waals surface area contributed by atoms with Gasteiger partial charge in [-0.2, -0.15) is 0 Å². The Hall–Kier alpha value is -1.46. The summed E-state index contributed by atoms with van der Waals surface area (Å²) in [6.45, 7) is 4.47. The largest absolute Gasteiger partial charge is 0.390 e. The van der Waals surface area contributed by atoms with E-state index in [0.717, 1.165) is 16.8 Å². The van der Waals surface area contributed by atoms with Crippen LogP contribution in [0, 0.1) is 19.8 Å². The SMILES string of the molecule is CO[C@@H]1C[C@H](C(=O)NCc2cnc(C)c(C)c2)CC[C@@H]1O. The smallest absolute Gasteiger partial charge is 0.223 e. The number of aliphatic hydroxyl groups is 1. The Kier molecular flexibility index (Phi) is 5.31. The molecule has 0 aromatic carbocycles. The van der Waals surface area contributed by atoms with Crippen molar-refractivity contribution in [1.29, 1.82) is 0 Å². The fourth-order valence-electron chi connectivity index (χ4n) is 2.74. The van der Waals surface area contributed by atoms with Gasteiger partial charge in [-0.1, -0.05) is 6.07 Å². The molecule has 5 heteroatoms. The van der Waals surface area contributed by atoms with Gasteiger partial charge < -0.3 is 15.2 Å². The van der Waals surface area contributed by atoms with E-state index in [-0.39, 0.29) is 17.9 Å². The highest BCUT2D eigenvalue weighted by Crippen LogP contribution is 2.26. The minimum Gasteiger partial charge on any atom is -0.390 e. The summed E-state index contributed by atoms with van der Waals surface area (Å²) in [7, 11) is 1.58. The van der Waals surface area contributed by atoms with E-state index < -0.39 is 6.10 Å². The first-order valence-electron chi connectivity index (χ1n) is 7.42. The maximum Gasteiger partial charge on any atom is 0.223 e. The van der Waals surface area contributed by atoms with Gasteiger partial charge in [-0.25, -0.2) is 0 Å². The summed E-state index contributed by atoms with van der Waals surface area (Å²) in [5.74, 6) is -0.0555. The number of aryl methyl sites for hydroxylation is 2. The number of ether oxygens (including phenoxy) is 1. The molecule has 1 fully saturated rings. The van der Waals surface area contributed by atoms with E-state index in [1.807, 2.05) is 19.9 Å². The van der Waals surface area contributed by atoms with E-state index in [9.17, 15) is 9.90 Å². The quantitative estimate of drug-likeness (QED) is 0.882. The van der Waals surface area contributed by atoms with Crippen molar-refractivity contribution in [1.82, 2.24) is 10.3 Å². The molecule has 0 spiro atoms. The Morgan fingerprint density at radius 1 is 1.48 bits per heavy atom. The van der Waals surface area contributed by atoms with Gasteiger partial charge in [-0.05, 0) is 44.2 Å². The van der Waals surface area contributed by atoms with E-state index in [1.54, 1.807) is 13.3 Å². The van der Waals surface area contributed by atoms with Crippen molar-refractivity contribution in [3.05, 3.63) is 29.1 Å². The predicted molar refractivity (Wildman–Crippen MR) is 79.7 cm³/mol. The molecular weight excluding hydrogens is 268 g/mol. The van der Waals surface area contributed by atoms with Crippen LogP contribution < -0.4 is 5.32 Å². The Morgan fingerprint density at radius 2 is 2.24 bits per heavy atom. The van der Waals surface area contributed by atoms with Gasteiger partial charge in [0.15, 0.2) is 0 Å². The lowest BCUT2D eigenvalue weighted by atomic mass is 9.84. The maximum absolute atomic E-state index is 12.2. The summed E-state index contributed by atoms with van der Waals surface area (Å²) < 4.78 is 5.24. The first-order chi connectivity index (χ1) is 10.0. The van der Waals surface area contributed by atoms with Crippen LogP contribution in [-0.4, -0.2) is 35.3 Å². The zero-order chi connectivity index (χ0) is 15.4. The number of nitrogens with zero attached hydrogens (tertiary/aromatic N) is 1. The molecule has 1 amide bonds. The molecule has 116 valence electrons. The molecule has 0 bridgehead atoms. The molecule has 0 saturated heterocycles. The summed E-state index contributed by atoms with van der Waals surface area (Å²) >= 11 is 0. The summed E-state index contributed by atoms with van der Waals surface area (Å²) in [6, 6.07) is 2.05. The Morgan fingerprint density at radius 3 is 2.90 bits per heavy atom. The molecule has 3 atom stereocenters. The van der Waals surface area contributed by atoms with Crippen molar-refractivity contribution < 1.29 is 14.6 Å². The van der Waals surface area contributed by atoms with Crippen molar-refractivity contribution in [2.45, 2.75) is 51.9 Å². The molecule has 1 aromatic heterocycles. The van der Waals surface area contributed by atoms with E-state index in [4.69, 9.17) is 4.74 Å². The van der Waals surface area contributed by atoms with Gasteiger partial charge >= 0.3 is 0 Å². The first-order valence-corrected chi connectivity index (χ1v) is 7.42. The molecule has 5 nitrogen and oxygen atoms in total. The van der Waals surface area contributed by atoms with Crippen LogP contribution in [0.25, 0.3) is 0 Å². The summed E-state index contributed by atoms with van der Waals surface area (Å²) in [4.78, 5) is 16.5. The topological polar surface area (TPSA) is 71.5 Å². The zero-order valence-corrected chi connectivity index (χ0v) is 12.9. The number of carbonyl (C=O) groups excluding carboxylic acids is 1. The number of methoxy groups -OCH3 is 1. The van der Waals surface area contributed by atoms with Gasteiger partial charge in [0.1, 0.15) is 0 Å². The van der Waals surface area contributed by atoms with Gasteiger partial charge in [0, 0.05) is 31.5 Å². The van der Waals surface area contributed by atoms with Crippen LogP contribution in [0.2, 0.25) is 0 Å². The lowest BCUT2D eigenvalue weighted by molar-refractivity contribution is -0.130. The van der Waals surface area contributed by atoms with Crippen molar-refractivity contribution in [3.8, 4) is 0 Å². The highest BCUT2D eigenvalue weighted by molar-refractivity contribution is 5.78. The van der Waals surface area contributed by atoms with Gasteiger partial charge in [-0.3, -0.25) is 9.78 Å². The fraction of sp³-hybridized carbons (Fsp3) is 0.625. The van der Waals surface area contributed by atoms with Crippen LogP contribution in [0.1, 0.15) is 36.1 Å². The molecule has 1 aliphatic rings. The van der Waals surface area contributed by atoms with Crippen LogP contribution in [0.4, 0.5) is 0 Å². The maximum atomic E-state index is 12.2. The highest BCUT2D eigenvalue weighted by Gasteiger charge is 2.32. The molecule has 1 heterocycles. The van der Waals surface area contributed by atoms with Crippen LogP contribution >= 0.6 is 0 Å². The number of aliphatic hydroxyl groups excluding tert-OH is 1. The normalized spacial score (nSPS) is 25.6. The second-order valence-electron chi connectivity index (χ2n) is 5.82. The molecule has 2 N–H and O–H groups in total. The molecule has 0 radical (unpaired) electrons. The van der Waals surface area contributed by atoms with Gasteiger partial charge in [-0.15, -0.1) is 0 Å². The molecule has 1 saturated carbocycles. The summed E-state index contributed by atoms with van der Waals surface area (Å²) in [5, 5.41) is 12.7. The van der Waals surface area contributed by atoms with E-state index in [0.29, 0.717) is 25.8 Å². The number of hydrogen-bond acceptors (Lipinski definition) is 4. The summed E-state index contributed by atoms with van der Waals surface area (Å²) in [6.07, 6.45) is 3.00. The zero-order valence-electron chi connectivity index (χ0n) is 12.9. The Bertz CT molecular complexity index is 504. The van der Waals surface area contributed by atoms with Crippen LogP contribution in [-0.2, 0) is 16.1 Å². The van der Waals surface area contributed by atoms with Gasteiger partial charge in [0.05, 0.1) is 12.2 Å². The van der Waals surface area contributed by atoms with Crippen molar-refractivity contribution in [2.24, 2.45) is 5.92 Å². The van der Waals surface area contributed by atoms with E-state index in [2.05, 4.69) is 10.3 Å². The standard InChI is InChI=1S/C16H24N2O3/c1-10-6-12(8-17-11(10)2)9-18-16(20)13-4-5-14(19)15(7-13)21-3/h6,8,13-15,19H,4-5,7,9H2,1-3H3,(H,18,20)/t13-,14+,15-/m1/s1. The number of aromatic nitrogens is 1. The number of nitrogens with one attached hydrogen (secondary N) is 1. The van der Waals surface area contributed by atoms with E-state index >= 15 is 0 Å². The summed E-state index contributed by atoms with van der Waals surface area (Å²) in [5.41, 5.74) is 3.14. The second kappa shape index (κ2) is 7.00. The number of carbonyl (C=O) groups is 1. The van der Waals surface area contributed by atoms with E-state index in [1.165, 1.54) is 0 Å². The third kappa shape index (κ3) is 4.02. The number of pyridine rings is 1. The molecule has 1 aromatic rings. The van der Waals surface area contributed by atoms with Crippen LogP contribution in [0.15, 0.2) is 12.3 Å². The van der Waals surface area contributed by atoms with Crippen molar-refractivity contribution in [2.75, 3.05) is 7.11 Å². The molecule has 21 heavy (non-hydrogen) atoms. The Balaban J connectivity index is 1.88. The third-order valence-corrected chi connectivity index (χ3v) is 4.29. The van der Waals surface area contributed by atoms with Gasteiger partial charge in [0.25, 0.3) is 0 Å². The third-order valence-electron chi connectivity index (χ3n) is 4.29. The van der Waals surface area contributed by atoms with Crippen LogP contribution in [0.3, 0.4) is 0 Å². The number of hydrogen-bond donors (Lipinski definition) is 2. The van der Waals surface area contributed by atoms with Crippen molar-refractivity contribution in [3.63, 3.8) is 0 Å². The number of rotatable bonds is 4. The molecule has 1 aliphatic carbocycles. The lowest BCUT2D eigenvalue weighted by Gasteiger charge is -2.31. The van der Waals surface area contributed by atoms with Gasteiger partial charge in [0.2, 0.25) is 5.91 Å². The monoisotopic (exact) mass is 292 g/mol. The fourth-order valence-corrected chi connectivity index (χ4v) is 2.74. The average molecular weight is 292 g/mol. The molecular formula is C16H24N2O3. The Labute approximate surface area is 125 Å². The second-order valence-corrected chi connectivity index (χ2v) is 5.82. The highest BCUT2D eigenvalue weighted by atomic mass is 16.5. The molecule has 0 aliphatic heterocycles. The van der Waals surface area contributed by atoms with Crippen LogP contribution in [0.5, 0.6) is 0 Å². The number of amides is 1.